The normalized spacial score (nSPS) is 14.2. The van der Waals surface area contributed by atoms with Gasteiger partial charge in [-0.25, -0.2) is 9.37 Å². The van der Waals surface area contributed by atoms with Gasteiger partial charge in [-0.05, 0) is 49.0 Å². The molecular weight excluding hydrogens is 467 g/mol. The molecule has 1 aliphatic rings. The minimum atomic E-state index is -0.507. The molecular formula is C21H21FN6O3S2. The predicted octanol–water partition coefficient (Wildman–Crippen LogP) is 2.47. The maximum absolute atomic E-state index is 13.0. The Morgan fingerprint density at radius 2 is 1.82 bits per heavy atom. The van der Waals surface area contributed by atoms with Crippen molar-refractivity contribution in [1.29, 1.82) is 0 Å². The van der Waals surface area contributed by atoms with Crippen LogP contribution in [0.5, 0.6) is 0 Å². The van der Waals surface area contributed by atoms with Gasteiger partial charge < -0.3 is 4.90 Å². The van der Waals surface area contributed by atoms with E-state index >= 15 is 0 Å². The topological polar surface area (TPSA) is 117 Å². The molecule has 3 heterocycles. The molecule has 0 radical (unpaired) electrons. The van der Waals surface area contributed by atoms with Crippen LogP contribution in [0.1, 0.15) is 55.2 Å². The zero-order valence-electron chi connectivity index (χ0n) is 17.7. The van der Waals surface area contributed by atoms with Crippen LogP contribution in [-0.2, 0) is 11.2 Å². The molecule has 1 aromatic carbocycles. The molecule has 0 spiro atoms. The lowest BCUT2D eigenvalue weighted by molar-refractivity contribution is -0.131. The first-order chi connectivity index (χ1) is 15.9. The maximum atomic E-state index is 13.0. The highest BCUT2D eigenvalue weighted by atomic mass is 32.1. The fraction of sp³-hybridized carbons (Fsp3) is 0.333. The predicted molar refractivity (Wildman–Crippen MR) is 120 cm³/mol. The van der Waals surface area contributed by atoms with E-state index in [2.05, 4.69) is 25.4 Å². The monoisotopic (exact) mass is 488 g/mol. The number of rotatable bonds is 5. The van der Waals surface area contributed by atoms with Crippen LogP contribution < -0.4 is 10.9 Å². The Bertz CT molecular complexity index is 1150. The summed E-state index contributed by atoms with van der Waals surface area (Å²) in [7, 11) is 0. The van der Waals surface area contributed by atoms with Crippen LogP contribution in [0.15, 0.2) is 29.6 Å². The minimum Gasteiger partial charge on any atom is -0.342 e. The molecule has 1 aliphatic heterocycles. The molecule has 3 aromatic rings. The summed E-state index contributed by atoms with van der Waals surface area (Å²) in [5.74, 6) is -1.14. The van der Waals surface area contributed by atoms with Gasteiger partial charge in [0.05, 0.1) is 17.1 Å². The quantitative estimate of drug-likeness (QED) is 0.533. The van der Waals surface area contributed by atoms with Crippen LogP contribution in [0.3, 0.4) is 0 Å². The summed E-state index contributed by atoms with van der Waals surface area (Å²) in [6, 6.07) is 5.96. The van der Waals surface area contributed by atoms with E-state index in [1.165, 1.54) is 23.5 Å². The number of halogens is 1. The Hall–Kier alpha value is -3.25. The summed E-state index contributed by atoms with van der Waals surface area (Å²) in [6.07, 6.45) is 1.74. The fourth-order valence-electron chi connectivity index (χ4n) is 3.52. The summed E-state index contributed by atoms with van der Waals surface area (Å²) in [5, 5.41) is 6.25. The highest BCUT2D eigenvalue weighted by Crippen LogP contribution is 2.30. The van der Waals surface area contributed by atoms with Crippen LogP contribution >= 0.6 is 22.9 Å². The number of benzene rings is 1. The number of amides is 3. The lowest BCUT2D eigenvalue weighted by Crippen LogP contribution is -2.41. The van der Waals surface area contributed by atoms with Crippen molar-refractivity contribution in [3.8, 4) is 0 Å². The highest BCUT2D eigenvalue weighted by Gasteiger charge is 2.26. The molecule has 0 saturated carbocycles. The van der Waals surface area contributed by atoms with Crippen LogP contribution in [0.2, 0.25) is 0 Å². The summed E-state index contributed by atoms with van der Waals surface area (Å²) in [5.41, 5.74) is 6.21. The minimum absolute atomic E-state index is 0.0152. The van der Waals surface area contributed by atoms with Gasteiger partial charge in [0.25, 0.3) is 11.8 Å². The molecule has 172 valence electrons. The molecule has 4 rings (SSSR count). The molecule has 2 aromatic heterocycles. The third-order valence-corrected chi connectivity index (χ3v) is 7.20. The number of aryl methyl sites for hydroxylation is 1. The first kappa shape index (κ1) is 22.9. The summed E-state index contributed by atoms with van der Waals surface area (Å²) < 4.78 is 16.7. The van der Waals surface area contributed by atoms with Crippen molar-refractivity contribution in [2.24, 2.45) is 0 Å². The van der Waals surface area contributed by atoms with Crippen molar-refractivity contribution in [3.05, 3.63) is 62.3 Å². The molecule has 1 saturated heterocycles. The standard InChI is InChI=1S/C21H21FN6O3S2/c1-12-18(33-27-24-12)20(31)26-25-19(30)16-11-32-21(23-16)14-6-8-28(9-7-14)17(29)10-13-2-4-15(22)5-3-13/h2-5,11,14H,6-10H2,1H3,(H,25,30)(H,26,31). The molecule has 3 amide bonds. The van der Waals surface area contributed by atoms with Crippen molar-refractivity contribution in [2.75, 3.05) is 13.1 Å². The molecule has 0 bridgehead atoms. The van der Waals surface area contributed by atoms with Gasteiger partial charge in [0.2, 0.25) is 5.91 Å². The molecule has 9 nitrogen and oxygen atoms in total. The van der Waals surface area contributed by atoms with Crippen molar-refractivity contribution >= 4 is 40.6 Å². The molecule has 2 N–H and O–H groups in total. The number of piperidine rings is 1. The average molecular weight is 489 g/mol. The second-order valence-corrected chi connectivity index (χ2v) is 9.27. The van der Waals surface area contributed by atoms with Crippen LogP contribution in [0.4, 0.5) is 4.39 Å². The van der Waals surface area contributed by atoms with Crippen molar-refractivity contribution in [1.82, 2.24) is 30.3 Å². The maximum Gasteiger partial charge on any atom is 0.289 e. The van der Waals surface area contributed by atoms with Crippen LogP contribution in [-0.4, -0.2) is 50.3 Å². The van der Waals surface area contributed by atoms with Gasteiger partial charge in [0.15, 0.2) is 0 Å². The first-order valence-electron chi connectivity index (χ1n) is 10.3. The number of nitrogens with zero attached hydrogens (tertiary/aromatic N) is 4. The van der Waals surface area contributed by atoms with E-state index in [-0.39, 0.29) is 29.8 Å². The summed E-state index contributed by atoms with van der Waals surface area (Å²) in [6.45, 7) is 2.86. The Morgan fingerprint density at radius 1 is 1.12 bits per heavy atom. The zero-order valence-corrected chi connectivity index (χ0v) is 19.3. The van der Waals surface area contributed by atoms with E-state index in [0.717, 1.165) is 34.9 Å². The van der Waals surface area contributed by atoms with E-state index in [0.29, 0.717) is 23.7 Å². The lowest BCUT2D eigenvalue weighted by Gasteiger charge is -2.31. The van der Waals surface area contributed by atoms with Crippen molar-refractivity contribution in [3.63, 3.8) is 0 Å². The third kappa shape index (κ3) is 5.57. The number of hydrogen-bond donors (Lipinski definition) is 2. The summed E-state index contributed by atoms with van der Waals surface area (Å²) in [4.78, 5) is 43.5. The fourth-order valence-corrected chi connectivity index (χ4v) is 5.04. The van der Waals surface area contributed by atoms with E-state index in [9.17, 15) is 18.8 Å². The Kier molecular flexibility index (Phi) is 7.04. The zero-order chi connectivity index (χ0) is 23.4. The second-order valence-electron chi connectivity index (χ2n) is 7.63. The van der Waals surface area contributed by atoms with Crippen LogP contribution in [0, 0.1) is 12.7 Å². The Morgan fingerprint density at radius 3 is 2.48 bits per heavy atom. The van der Waals surface area contributed by atoms with E-state index in [4.69, 9.17) is 0 Å². The number of thiazole rings is 1. The van der Waals surface area contributed by atoms with Gasteiger partial charge in [-0.2, -0.15) is 0 Å². The second kappa shape index (κ2) is 10.1. The van der Waals surface area contributed by atoms with E-state index in [1.807, 2.05) is 4.90 Å². The van der Waals surface area contributed by atoms with Gasteiger partial charge in [-0.1, -0.05) is 16.6 Å². The number of likely N-dealkylation sites (tertiary alicyclic amines) is 1. The molecule has 0 atom stereocenters. The van der Waals surface area contributed by atoms with E-state index < -0.39 is 11.8 Å². The number of carbonyl (C=O) groups is 3. The first-order valence-corrected chi connectivity index (χ1v) is 11.9. The smallest absolute Gasteiger partial charge is 0.289 e. The lowest BCUT2D eigenvalue weighted by atomic mass is 9.97. The third-order valence-electron chi connectivity index (χ3n) is 5.37. The molecule has 33 heavy (non-hydrogen) atoms. The summed E-state index contributed by atoms with van der Waals surface area (Å²) >= 11 is 2.34. The van der Waals surface area contributed by atoms with Gasteiger partial charge >= 0.3 is 0 Å². The Labute approximate surface area is 197 Å². The SMILES string of the molecule is Cc1nnsc1C(=O)NNC(=O)c1csc(C2CCN(C(=O)Cc3ccc(F)cc3)CC2)n1. The molecule has 1 fully saturated rings. The number of nitrogens with one attached hydrogen (secondary N) is 2. The van der Waals surface area contributed by atoms with Crippen LogP contribution in [0.25, 0.3) is 0 Å². The number of hydrogen-bond acceptors (Lipinski definition) is 8. The average Bonchev–Trinajstić information content (AvgIpc) is 3.48. The van der Waals surface area contributed by atoms with E-state index in [1.54, 1.807) is 24.4 Å². The number of aromatic nitrogens is 3. The molecule has 0 aliphatic carbocycles. The van der Waals surface area contributed by atoms with Gasteiger partial charge in [-0.3, -0.25) is 25.2 Å². The molecule has 0 unspecified atom stereocenters. The van der Waals surface area contributed by atoms with Gasteiger partial charge in [0.1, 0.15) is 16.4 Å². The van der Waals surface area contributed by atoms with Crippen molar-refractivity contribution in [2.45, 2.75) is 32.1 Å². The Balaban J connectivity index is 1.26. The largest absolute Gasteiger partial charge is 0.342 e. The molecule has 12 heteroatoms. The van der Waals surface area contributed by atoms with Gasteiger partial charge in [-0.15, -0.1) is 16.4 Å². The number of carbonyl (C=O) groups excluding carboxylic acids is 3. The highest BCUT2D eigenvalue weighted by molar-refractivity contribution is 7.10. The van der Waals surface area contributed by atoms with Crippen molar-refractivity contribution < 1.29 is 18.8 Å². The van der Waals surface area contributed by atoms with Gasteiger partial charge in [0, 0.05) is 24.4 Å². The number of hydrazine groups is 1.